The average Bonchev–Trinajstić information content (AvgIpc) is 3.22. The highest BCUT2D eigenvalue weighted by molar-refractivity contribution is 7.97. The molecule has 0 amide bonds. The first-order valence-corrected chi connectivity index (χ1v) is 10.1. The Hall–Kier alpha value is -0.810. The predicted molar refractivity (Wildman–Crippen MR) is 94.4 cm³/mol. The number of nitrogens with zero attached hydrogens (tertiary/aromatic N) is 4. The van der Waals surface area contributed by atoms with Crippen molar-refractivity contribution in [3.63, 3.8) is 0 Å². The molecule has 0 N–H and O–H groups in total. The molecule has 1 aromatic rings. The van der Waals surface area contributed by atoms with Crippen LogP contribution in [0.1, 0.15) is 25.0 Å². The van der Waals surface area contributed by atoms with Gasteiger partial charge in [0, 0.05) is 45.3 Å². The zero-order valence-electron chi connectivity index (χ0n) is 15.4. The second-order valence-corrected chi connectivity index (χ2v) is 8.63. The van der Waals surface area contributed by atoms with Crippen molar-refractivity contribution in [1.82, 2.24) is 19.0 Å². The van der Waals surface area contributed by atoms with Crippen molar-refractivity contribution in [2.24, 2.45) is 7.05 Å². The Labute approximate surface area is 161 Å². The molecule has 1 atom stereocenters. The molecule has 1 aromatic heterocycles. The number of halogens is 3. The molecule has 27 heavy (non-hydrogen) atoms. The highest BCUT2D eigenvalue weighted by Gasteiger charge is 2.45. The highest BCUT2D eigenvalue weighted by Crippen LogP contribution is 2.40. The van der Waals surface area contributed by atoms with E-state index in [4.69, 9.17) is 9.47 Å². The van der Waals surface area contributed by atoms with E-state index in [0.717, 1.165) is 71.3 Å². The summed E-state index contributed by atoms with van der Waals surface area (Å²) in [7, 11) is 1.55. The molecule has 3 aliphatic heterocycles. The molecule has 0 aromatic carbocycles. The summed E-state index contributed by atoms with van der Waals surface area (Å²) in [6.45, 7) is 5.88. The molecule has 0 unspecified atom stereocenters. The predicted octanol–water partition coefficient (Wildman–Crippen LogP) is 2.40. The minimum absolute atomic E-state index is 0.0797. The van der Waals surface area contributed by atoms with Crippen LogP contribution in [0.3, 0.4) is 0 Å². The van der Waals surface area contributed by atoms with Gasteiger partial charge in [-0.25, -0.2) is 4.31 Å². The number of hydrogen-bond donors (Lipinski definition) is 0. The molecule has 4 rings (SSSR count). The number of hydrogen-bond acceptors (Lipinski definition) is 6. The van der Waals surface area contributed by atoms with Crippen LogP contribution in [0.25, 0.3) is 0 Å². The quantitative estimate of drug-likeness (QED) is 0.719. The van der Waals surface area contributed by atoms with Gasteiger partial charge in [0.1, 0.15) is 5.03 Å². The molecule has 10 heteroatoms. The van der Waals surface area contributed by atoms with Crippen LogP contribution in [0.4, 0.5) is 13.2 Å². The lowest BCUT2D eigenvalue weighted by molar-refractivity contribution is -0.141. The van der Waals surface area contributed by atoms with Crippen molar-refractivity contribution in [2.45, 2.75) is 42.1 Å². The molecule has 3 saturated heterocycles. The van der Waals surface area contributed by atoms with Crippen molar-refractivity contribution in [2.75, 3.05) is 46.0 Å². The summed E-state index contributed by atoms with van der Waals surface area (Å²) in [5.74, 6) is 0. The van der Waals surface area contributed by atoms with Crippen molar-refractivity contribution in [3.8, 4) is 0 Å². The van der Waals surface area contributed by atoms with Gasteiger partial charge in [-0.15, -0.1) is 0 Å². The van der Waals surface area contributed by atoms with E-state index in [1.165, 1.54) is 16.6 Å². The molecule has 6 nitrogen and oxygen atoms in total. The molecule has 3 aliphatic rings. The van der Waals surface area contributed by atoms with Crippen molar-refractivity contribution in [1.29, 1.82) is 0 Å². The van der Waals surface area contributed by atoms with Gasteiger partial charge in [0.15, 0.2) is 5.69 Å². The molecule has 0 radical (unpaired) electrons. The zero-order valence-corrected chi connectivity index (χ0v) is 16.2. The topological polar surface area (TPSA) is 42.8 Å². The maximum atomic E-state index is 12.8. The van der Waals surface area contributed by atoms with Crippen LogP contribution < -0.4 is 0 Å². The third-order valence-corrected chi connectivity index (χ3v) is 6.93. The Balaban J connectivity index is 1.31. The monoisotopic (exact) mass is 406 g/mol. The van der Waals surface area contributed by atoms with Gasteiger partial charge in [0.2, 0.25) is 0 Å². The first-order valence-electron chi connectivity index (χ1n) is 9.35. The third-order valence-electron chi connectivity index (χ3n) is 5.74. The van der Waals surface area contributed by atoms with Crippen molar-refractivity contribution < 1.29 is 22.6 Å². The summed E-state index contributed by atoms with van der Waals surface area (Å²) in [6.07, 6.45) is -1.56. The fourth-order valence-corrected chi connectivity index (χ4v) is 5.09. The van der Waals surface area contributed by atoms with Gasteiger partial charge >= 0.3 is 6.18 Å². The fraction of sp³-hybridized carbons (Fsp3) is 0.824. The summed E-state index contributed by atoms with van der Waals surface area (Å²) in [5.41, 5.74) is -0.919. The average molecular weight is 406 g/mol. The summed E-state index contributed by atoms with van der Waals surface area (Å²) >= 11 is 1.35. The number of morpholine rings is 1. The smallest absolute Gasteiger partial charge is 0.379 e. The first-order chi connectivity index (χ1) is 12.8. The largest absolute Gasteiger partial charge is 0.435 e. The zero-order chi connectivity index (χ0) is 19.1. The Bertz CT molecular complexity index is 655. The SMILES string of the molecule is Cn1nc(C(F)(F)F)cc1SN1CCC2(CC1)C[C@H](N1CCOCC1)CO2. The molecule has 1 spiro atoms. The first kappa shape index (κ1) is 19.5. The van der Waals surface area contributed by atoms with Gasteiger partial charge in [-0.05, 0) is 31.2 Å². The molecule has 0 aliphatic carbocycles. The van der Waals surface area contributed by atoms with E-state index in [9.17, 15) is 13.2 Å². The lowest BCUT2D eigenvalue weighted by Gasteiger charge is -2.38. The van der Waals surface area contributed by atoms with E-state index in [-0.39, 0.29) is 5.60 Å². The number of piperidine rings is 1. The maximum absolute atomic E-state index is 12.8. The normalized spacial score (nSPS) is 27.5. The van der Waals surface area contributed by atoms with Gasteiger partial charge in [0.25, 0.3) is 0 Å². The van der Waals surface area contributed by atoms with Crippen molar-refractivity contribution in [3.05, 3.63) is 11.8 Å². The van der Waals surface area contributed by atoms with E-state index in [2.05, 4.69) is 14.3 Å². The number of alkyl halides is 3. The maximum Gasteiger partial charge on any atom is 0.435 e. The summed E-state index contributed by atoms with van der Waals surface area (Å²) < 4.78 is 53.6. The van der Waals surface area contributed by atoms with E-state index in [0.29, 0.717) is 11.1 Å². The van der Waals surface area contributed by atoms with Gasteiger partial charge in [-0.1, -0.05) is 0 Å². The summed E-state index contributed by atoms with van der Waals surface area (Å²) in [5, 5.41) is 4.09. The molecule has 152 valence electrons. The van der Waals surface area contributed by atoms with Crippen LogP contribution in [0.15, 0.2) is 11.1 Å². The molecule has 0 saturated carbocycles. The van der Waals surface area contributed by atoms with Gasteiger partial charge in [0.05, 0.1) is 25.4 Å². The van der Waals surface area contributed by atoms with Gasteiger partial charge < -0.3 is 9.47 Å². The summed E-state index contributed by atoms with van der Waals surface area (Å²) in [6, 6.07) is 1.58. The molecular weight excluding hydrogens is 381 g/mol. The Morgan fingerprint density at radius 2 is 1.89 bits per heavy atom. The summed E-state index contributed by atoms with van der Waals surface area (Å²) in [4.78, 5) is 2.47. The molecule has 4 heterocycles. The minimum Gasteiger partial charge on any atom is -0.379 e. The number of aryl methyl sites for hydroxylation is 1. The Morgan fingerprint density at radius 3 is 2.52 bits per heavy atom. The Kier molecular flexibility index (Phi) is 5.45. The van der Waals surface area contributed by atoms with Crippen LogP contribution >= 0.6 is 11.9 Å². The molecule has 3 fully saturated rings. The van der Waals surface area contributed by atoms with E-state index in [1.54, 1.807) is 7.05 Å². The lowest BCUT2D eigenvalue weighted by atomic mass is 9.88. The third kappa shape index (κ3) is 4.29. The number of rotatable bonds is 3. The van der Waals surface area contributed by atoms with Crippen LogP contribution in [-0.2, 0) is 22.7 Å². The number of aromatic nitrogens is 2. The van der Waals surface area contributed by atoms with Gasteiger partial charge in [-0.2, -0.15) is 18.3 Å². The second kappa shape index (κ2) is 7.55. The Morgan fingerprint density at radius 1 is 1.19 bits per heavy atom. The van der Waals surface area contributed by atoms with Crippen LogP contribution in [0.5, 0.6) is 0 Å². The van der Waals surface area contributed by atoms with Crippen LogP contribution in [0.2, 0.25) is 0 Å². The molecular formula is C17H25F3N4O2S. The van der Waals surface area contributed by atoms with Crippen LogP contribution in [0, 0.1) is 0 Å². The minimum atomic E-state index is -4.41. The van der Waals surface area contributed by atoms with Crippen LogP contribution in [-0.4, -0.2) is 76.6 Å². The number of ether oxygens (including phenoxy) is 2. The fourth-order valence-electron chi connectivity index (χ4n) is 4.14. The second-order valence-electron chi connectivity index (χ2n) is 7.51. The van der Waals surface area contributed by atoms with Gasteiger partial charge in [-0.3, -0.25) is 9.58 Å². The van der Waals surface area contributed by atoms with E-state index >= 15 is 0 Å². The van der Waals surface area contributed by atoms with E-state index in [1.807, 2.05) is 0 Å². The standard InChI is InChI=1S/C17H25F3N4O2S/c1-22-15(10-14(21-22)17(18,19)20)27-24-4-2-16(3-5-24)11-13(12-26-16)23-6-8-25-9-7-23/h10,13H,2-9,11-12H2,1H3/t13-/m0/s1. The van der Waals surface area contributed by atoms with Crippen molar-refractivity contribution >= 4 is 11.9 Å². The van der Waals surface area contributed by atoms with E-state index < -0.39 is 11.9 Å². The highest BCUT2D eigenvalue weighted by atomic mass is 32.2. The molecule has 0 bridgehead atoms. The lowest BCUT2D eigenvalue weighted by Crippen LogP contribution is -2.46.